The van der Waals surface area contributed by atoms with Crippen molar-refractivity contribution in [3.05, 3.63) is 88.4 Å². The van der Waals surface area contributed by atoms with Crippen LogP contribution < -0.4 is 25.4 Å². The highest BCUT2D eigenvalue weighted by molar-refractivity contribution is 7.15. The van der Waals surface area contributed by atoms with Crippen LogP contribution in [0.5, 0.6) is 11.5 Å². The molecule has 3 amide bonds. The highest BCUT2D eigenvalue weighted by atomic mass is 32.1. The summed E-state index contributed by atoms with van der Waals surface area (Å²) in [6.07, 6.45) is 1.91. The zero-order valence-corrected chi connectivity index (χ0v) is 31.8. The maximum absolute atomic E-state index is 13.0. The number of aromatic carboxylic acids is 1. The maximum atomic E-state index is 13.0. The second kappa shape index (κ2) is 19.9. The van der Waals surface area contributed by atoms with Gasteiger partial charge in [0.1, 0.15) is 22.1 Å². The van der Waals surface area contributed by atoms with Crippen molar-refractivity contribution in [2.24, 2.45) is 11.8 Å². The number of hydrogen-bond donors (Lipinski definition) is 4. The Hall–Kier alpha value is -5.27. The van der Waals surface area contributed by atoms with Gasteiger partial charge >= 0.3 is 5.97 Å². The molecule has 0 fully saturated rings. The van der Waals surface area contributed by atoms with Crippen LogP contribution in [0.1, 0.15) is 72.7 Å². The van der Waals surface area contributed by atoms with Gasteiger partial charge in [-0.3, -0.25) is 14.4 Å². The summed E-state index contributed by atoms with van der Waals surface area (Å²) < 4.78 is 10.9. The standard InChI is InChI=1S/C26H32N4O3S.C13H17NO4/c1-6-33-23-11-10-20(29-24(31)17(2)3)13-22(23)25(32)27-14-18-8-7-9-19(12-18)26-28-15-21(34-26)16-30(4)5;1-4-18-11-6-5-9(7-10(11)13(16)17)14-12(15)8(2)3/h7-13,15,17H,6,14,16H2,1-5H3,(H,27,32)(H,29,31);5-8H,4H2,1-3H3,(H,14,15)(H,16,17). The van der Waals surface area contributed by atoms with Crippen molar-refractivity contribution in [1.29, 1.82) is 0 Å². The van der Waals surface area contributed by atoms with Crippen molar-refractivity contribution in [3.8, 4) is 22.1 Å². The lowest BCUT2D eigenvalue weighted by molar-refractivity contribution is -0.119. The van der Waals surface area contributed by atoms with Crippen LogP contribution in [0.25, 0.3) is 10.6 Å². The predicted molar refractivity (Wildman–Crippen MR) is 205 cm³/mol. The molecule has 52 heavy (non-hydrogen) atoms. The average molecular weight is 732 g/mol. The Kier molecular flexibility index (Phi) is 15.8. The number of rotatable bonds is 15. The molecule has 4 rings (SSSR count). The van der Waals surface area contributed by atoms with E-state index in [0.717, 1.165) is 22.7 Å². The molecule has 13 heteroatoms. The Balaban J connectivity index is 0.000000341. The molecule has 0 radical (unpaired) electrons. The van der Waals surface area contributed by atoms with Gasteiger partial charge in [-0.15, -0.1) is 11.3 Å². The molecule has 0 aliphatic rings. The molecule has 3 aromatic carbocycles. The highest BCUT2D eigenvalue weighted by Crippen LogP contribution is 2.28. The van der Waals surface area contributed by atoms with E-state index in [4.69, 9.17) is 14.6 Å². The minimum absolute atomic E-state index is 0.0402. The number of ether oxygens (including phenoxy) is 2. The number of carbonyl (C=O) groups is 4. The summed E-state index contributed by atoms with van der Waals surface area (Å²) in [5, 5.41) is 18.5. The monoisotopic (exact) mass is 731 g/mol. The number of benzene rings is 3. The zero-order valence-electron chi connectivity index (χ0n) is 31.0. The van der Waals surface area contributed by atoms with Gasteiger partial charge in [0, 0.05) is 52.9 Å². The summed E-state index contributed by atoms with van der Waals surface area (Å²) in [7, 11) is 4.07. The molecule has 0 aliphatic carbocycles. The van der Waals surface area contributed by atoms with E-state index >= 15 is 0 Å². The fourth-order valence-electron chi connectivity index (χ4n) is 4.61. The Morgan fingerprint density at radius 1 is 0.808 bits per heavy atom. The fraction of sp³-hybridized carbons (Fsp3) is 0.359. The Morgan fingerprint density at radius 2 is 1.37 bits per heavy atom. The number of hydrogen-bond acceptors (Lipinski definition) is 9. The second-order valence-electron chi connectivity index (χ2n) is 12.6. The van der Waals surface area contributed by atoms with Gasteiger partial charge in [0.25, 0.3) is 5.91 Å². The second-order valence-corrected chi connectivity index (χ2v) is 13.7. The quantitative estimate of drug-likeness (QED) is 0.0994. The van der Waals surface area contributed by atoms with Crippen molar-refractivity contribution < 1.29 is 33.8 Å². The van der Waals surface area contributed by atoms with Gasteiger partial charge in [-0.2, -0.15) is 0 Å². The molecule has 12 nitrogen and oxygen atoms in total. The molecule has 0 atom stereocenters. The molecular formula is C39H49N5O7S. The summed E-state index contributed by atoms with van der Waals surface area (Å²) in [6.45, 7) is 12.8. The Morgan fingerprint density at radius 3 is 1.88 bits per heavy atom. The molecule has 0 spiro atoms. The number of thiazole rings is 1. The minimum atomic E-state index is -1.08. The van der Waals surface area contributed by atoms with Crippen LogP contribution in [0, 0.1) is 11.8 Å². The number of carbonyl (C=O) groups excluding carboxylic acids is 3. The van der Waals surface area contributed by atoms with Gasteiger partial charge in [0.05, 0.1) is 18.8 Å². The van der Waals surface area contributed by atoms with Crippen LogP contribution in [-0.2, 0) is 22.7 Å². The molecule has 0 aliphatic heterocycles. The van der Waals surface area contributed by atoms with E-state index in [2.05, 4.69) is 25.8 Å². The lowest BCUT2D eigenvalue weighted by Gasteiger charge is -2.14. The number of amides is 3. The molecule has 278 valence electrons. The van der Waals surface area contributed by atoms with Gasteiger partial charge < -0.3 is 35.4 Å². The Bertz CT molecular complexity index is 1840. The lowest BCUT2D eigenvalue weighted by Crippen LogP contribution is -2.24. The van der Waals surface area contributed by atoms with Crippen molar-refractivity contribution in [1.82, 2.24) is 15.2 Å². The van der Waals surface area contributed by atoms with Gasteiger partial charge in [0.15, 0.2) is 0 Å². The number of anilines is 2. The van der Waals surface area contributed by atoms with E-state index in [0.29, 0.717) is 48.2 Å². The summed E-state index contributed by atoms with van der Waals surface area (Å²) >= 11 is 1.67. The summed E-state index contributed by atoms with van der Waals surface area (Å²) in [5.41, 5.74) is 3.43. The average Bonchev–Trinajstić information content (AvgIpc) is 3.56. The molecule has 0 saturated carbocycles. The van der Waals surface area contributed by atoms with Crippen molar-refractivity contribution in [2.75, 3.05) is 37.9 Å². The zero-order chi connectivity index (χ0) is 38.4. The number of carboxylic acid groups (broad SMARTS) is 1. The predicted octanol–water partition coefficient (Wildman–Crippen LogP) is 7.17. The van der Waals surface area contributed by atoms with Crippen LogP contribution >= 0.6 is 11.3 Å². The van der Waals surface area contributed by atoms with Crippen LogP contribution in [0.15, 0.2) is 66.9 Å². The SMILES string of the molecule is CCOc1ccc(NC(=O)C(C)C)cc1C(=O)NCc1cccc(-c2ncc(CN(C)C)s2)c1.CCOc1ccc(NC(=O)C(C)C)cc1C(=O)O. The topological polar surface area (TPSA) is 159 Å². The largest absolute Gasteiger partial charge is 0.493 e. The van der Waals surface area contributed by atoms with Crippen LogP contribution in [0.2, 0.25) is 0 Å². The molecule has 4 aromatic rings. The maximum Gasteiger partial charge on any atom is 0.339 e. The lowest BCUT2D eigenvalue weighted by atomic mass is 10.1. The van der Waals surface area contributed by atoms with E-state index in [9.17, 15) is 19.2 Å². The molecular weight excluding hydrogens is 683 g/mol. The third kappa shape index (κ3) is 12.5. The summed E-state index contributed by atoms with van der Waals surface area (Å²) in [6, 6.07) is 17.7. The molecule has 0 saturated heterocycles. The molecule has 4 N–H and O–H groups in total. The van der Waals surface area contributed by atoms with Gasteiger partial charge in [0.2, 0.25) is 11.8 Å². The molecule has 1 heterocycles. The van der Waals surface area contributed by atoms with E-state index in [1.165, 1.54) is 10.9 Å². The highest BCUT2D eigenvalue weighted by Gasteiger charge is 2.17. The smallest absolute Gasteiger partial charge is 0.339 e. The Labute approximate surface area is 309 Å². The summed E-state index contributed by atoms with van der Waals surface area (Å²) in [5.74, 6) is -1.16. The van der Waals surface area contributed by atoms with E-state index in [1.54, 1.807) is 62.4 Å². The normalized spacial score (nSPS) is 10.8. The van der Waals surface area contributed by atoms with Gasteiger partial charge in [-0.05, 0) is 76.0 Å². The van der Waals surface area contributed by atoms with Crippen molar-refractivity contribution in [2.45, 2.75) is 54.6 Å². The molecule has 0 unspecified atom stereocenters. The van der Waals surface area contributed by atoms with Gasteiger partial charge in [-0.1, -0.05) is 45.9 Å². The number of carboxylic acids is 1. The number of aromatic nitrogens is 1. The first-order chi connectivity index (χ1) is 24.7. The number of nitrogens with zero attached hydrogens (tertiary/aromatic N) is 2. The minimum Gasteiger partial charge on any atom is -0.493 e. The first kappa shape index (κ1) is 41.2. The van der Waals surface area contributed by atoms with Crippen molar-refractivity contribution >= 4 is 46.4 Å². The first-order valence-electron chi connectivity index (χ1n) is 17.1. The number of nitrogens with one attached hydrogen (secondary N) is 3. The molecule has 0 bridgehead atoms. The summed E-state index contributed by atoms with van der Waals surface area (Å²) in [4.78, 5) is 55.6. The third-order valence-electron chi connectivity index (χ3n) is 7.27. The van der Waals surface area contributed by atoms with Crippen LogP contribution in [0.3, 0.4) is 0 Å². The fourth-order valence-corrected chi connectivity index (χ4v) is 5.64. The van der Waals surface area contributed by atoms with Crippen molar-refractivity contribution in [3.63, 3.8) is 0 Å². The van der Waals surface area contributed by atoms with Crippen LogP contribution in [-0.4, -0.2) is 66.0 Å². The first-order valence-corrected chi connectivity index (χ1v) is 17.9. The van der Waals surface area contributed by atoms with E-state index in [-0.39, 0.29) is 35.1 Å². The van der Waals surface area contributed by atoms with E-state index in [1.807, 2.05) is 65.3 Å². The van der Waals surface area contributed by atoms with Crippen LogP contribution in [0.4, 0.5) is 11.4 Å². The van der Waals surface area contributed by atoms with E-state index < -0.39 is 5.97 Å². The molecule has 1 aromatic heterocycles. The third-order valence-corrected chi connectivity index (χ3v) is 8.30. The van der Waals surface area contributed by atoms with Gasteiger partial charge in [-0.25, -0.2) is 9.78 Å².